The normalized spacial score (nSPS) is 20.0. The van der Waals surface area contributed by atoms with Crippen molar-refractivity contribution < 1.29 is 19.5 Å². The van der Waals surface area contributed by atoms with Crippen molar-refractivity contribution in [1.82, 2.24) is 4.90 Å². The molecule has 0 aromatic heterocycles. The Balaban J connectivity index is 2.49. The number of carbonyl (C=O) groups is 3. The molecule has 0 spiro atoms. The fraction of sp³-hybridized carbons (Fsp3) is 0.400. The van der Waals surface area contributed by atoms with E-state index in [1.54, 1.807) is 12.1 Å². The maximum absolute atomic E-state index is 12.5. The van der Waals surface area contributed by atoms with Crippen molar-refractivity contribution in [3.8, 4) is 0 Å². The fourth-order valence-corrected chi connectivity index (χ4v) is 2.88. The molecule has 1 aromatic rings. The molecule has 0 saturated carbocycles. The number of benzene rings is 1. The van der Waals surface area contributed by atoms with Gasteiger partial charge in [-0.3, -0.25) is 9.59 Å². The van der Waals surface area contributed by atoms with Crippen molar-refractivity contribution in [2.45, 2.75) is 32.4 Å². The first-order valence-electron chi connectivity index (χ1n) is 6.83. The molecule has 6 nitrogen and oxygen atoms in total. The van der Waals surface area contributed by atoms with E-state index in [1.165, 1.54) is 11.8 Å². The van der Waals surface area contributed by atoms with Gasteiger partial charge in [0.15, 0.2) is 0 Å². The van der Waals surface area contributed by atoms with Crippen LogP contribution in [0.4, 0.5) is 0 Å². The number of primary amides is 1. The molecule has 3 N–H and O–H groups in total. The van der Waals surface area contributed by atoms with E-state index in [4.69, 9.17) is 5.73 Å². The summed E-state index contributed by atoms with van der Waals surface area (Å²) in [4.78, 5) is 36.8. The Hall–Kier alpha value is -2.37. The van der Waals surface area contributed by atoms with Crippen molar-refractivity contribution in [3.05, 3.63) is 35.4 Å². The molecule has 112 valence electrons. The molecule has 3 unspecified atom stereocenters. The minimum absolute atomic E-state index is 0.350. The number of amides is 2. The molecule has 6 heteroatoms. The quantitative estimate of drug-likeness (QED) is 0.849. The Morgan fingerprint density at radius 2 is 2.00 bits per heavy atom. The topological polar surface area (TPSA) is 101 Å². The SMILES string of the molecule is CCC1c2ccccc2C(=O)N1C(C(=O)O)C(C)C(N)=O. The van der Waals surface area contributed by atoms with Crippen molar-refractivity contribution in [3.63, 3.8) is 0 Å². The van der Waals surface area contributed by atoms with Crippen molar-refractivity contribution in [2.75, 3.05) is 0 Å². The Bertz CT molecular complexity index is 599. The maximum atomic E-state index is 12.5. The molecule has 1 heterocycles. The summed E-state index contributed by atoms with van der Waals surface area (Å²) in [7, 11) is 0. The summed E-state index contributed by atoms with van der Waals surface area (Å²) in [5.74, 6) is -3.28. The largest absolute Gasteiger partial charge is 0.480 e. The van der Waals surface area contributed by atoms with Gasteiger partial charge in [0.2, 0.25) is 5.91 Å². The Kier molecular flexibility index (Phi) is 3.97. The minimum atomic E-state index is -1.26. The van der Waals surface area contributed by atoms with Gasteiger partial charge in [0.25, 0.3) is 5.91 Å². The molecule has 0 saturated heterocycles. The molecule has 0 aliphatic carbocycles. The molecule has 3 atom stereocenters. The summed E-state index contributed by atoms with van der Waals surface area (Å²) in [5, 5.41) is 9.46. The first kappa shape index (κ1) is 15.0. The van der Waals surface area contributed by atoms with Gasteiger partial charge < -0.3 is 15.7 Å². The summed E-state index contributed by atoms with van der Waals surface area (Å²) >= 11 is 0. The lowest BCUT2D eigenvalue weighted by Gasteiger charge is -2.32. The van der Waals surface area contributed by atoms with Crippen LogP contribution in [0.5, 0.6) is 0 Å². The average molecular weight is 290 g/mol. The highest BCUT2D eigenvalue weighted by Gasteiger charge is 2.45. The van der Waals surface area contributed by atoms with E-state index in [0.29, 0.717) is 12.0 Å². The highest BCUT2D eigenvalue weighted by atomic mass is 16.4. The van der Waals surface area contributed by atoms with E-state index in [2.05, 4.69) is 0 Å². The Labute approximate surface area is 122 Å². The van der Waals surface area contributed by atoms with E-state index >= 15 is 0 Å². The third-order valence-electron chi connectivity index (χ3n) is 3.98. The summed E-state index contributed by atoms with van der Waals surface area (Å²) in [6.45, 7) is 3.31. The highest BCUT2D eigenvalue weighted by Crippen LogP contribution is 2.38. The number of carboxylic acids is 1. The van der Waals surface area contributed by atoms with Gasteiger partial charge in [-0.1, -0.05) is 32.0 Å². The average Bonchev–Trinajstić information content (AvgIpc) is 2.72. The first-order valence-corrected chi connectivity index (χ1v) is 6.83. The predicted octanol–water partition coefficient (Wildman–Crippen LogP) is 1.17. The van der Waals surface area contributed by atoms with Gasteiger partial charge in [-0.2, -0.15) is 0 Å². The van der Waals surface area contributed by atoms with Crippen LogP contribution >= 0.6 is 0 Å². The molecular formula is C15H18N2O4. The Morgan fingerprint density at radius 3 is 2.52 bits per heavy atom. The monoisotopic (exact) mass is 290 g/mol. The molecule has 21 heavy (non-hydrogen) atoms. The number of carbonyl (C=O) groups excluding carboxylic acids is 2. The molecule has 1 aliphatic rings. The third kappa shape index (κ3) is 2.37. The van der Waals surface area contributed by atoms with E-state index in [1.807, 2.05) is 19.1 Å². The van der Waals surface area contributed by atoms with Gasteiger partial charge >= 0.3 is 5.97 Å². The second-order valence-corrected chi connectivity index (χ2v) is 5.20. The van der Waals surface area contributed by atoms with E-state index in [9.17, 15) is 19.5 Å². The van der Waals surface area contributed by atoms with Crippen LogP contribution in [-0.4, -0.2) is 33.8 Å². The minimum Gasteiger partial charge on any atom is -0.480 e. The number of nitrogens with two attached hydrogens (primary N) is 1. The standard InChI is InChI=1S/C15H18N2O4/c1-3-11-9-6-4-5-7-10(9)14(19)17(11)12(15(20)21)8(2)13(16)18/h4-8,11-12H,3H2,1-2H3,(H2,16,18)(H,20,21). The van der Waals surface area contributed by atoms with Crippen molar-refractivity contribution in [1.29, 1.82) is 0 Å². The number of nitrogens with zero attached hydrogens (tertiary/aromatic N) is 1. The van der Waals surface area contributed by atoms with Gasteiger partial charge in [0.1, 0.15) is 6.04 Å². The lowest BCUT2D eigenvalue weighted by molar-refractivity contribution is -0.147. The van der Waals surface area contributed by atoms with Gasteiger partial charge in [-0.05, 0) is 18.1 Å². The summed E-state index contributed by atoms with van der Waals surface area (Å²) in [6.07, 6.45) is 0.567. The first-order chi connectivity index (χ1) is 9.90. The highest BCUT2D eigenvalue weighted by molar-refractivity contribution is 6.02. The van der Waals surface area contributed by atoms with Crippen molar-refractivity contribution in [2.24, 2.45) is 11.7 Å². The number of aliphatic carboxylic acids is 1. The molecule has 0 fully saturated rings. The number of hydrogen-bond acceptors (Lipinski definition) is 3. The van der Waals surface area contributed by atoms with E-state index < -0.39 is 23.8 Å². The number of fused-ring (bicyclic) bond motifs is 1. The molecular weight excluding hydrogens is 272 g/mol. The zero-order valence-electron chi connectivity index (χ0n) is 11.9. The second-order valence-electron chi connectivity index (χ2n) is 5.20. The smallest absolute Gasteiger partial charge is 0.327 e. The summed E-state index contributed by atoms with van der Waals surface area (Å²) < 4.78 is 0. The number of carboxylic acid groups (broad SMARTS) is 1. The van der Waals surface area contributed by atoms with E-state index in [-0.39, 0.29) is 11.9 Å². The number of hydrogen-bond donors (Lipinski definition) is 2. The van der Waals surface area contributed by atoms with Crippen LogP contribution in [0.1, 0.15) is 42.2 Å². The fourth-order valence-electron chi connectivity index (χ4n) is 2.88. The summed E-state index contributed by atoms with van der Waals surface area (Å²) in [6, 6.07) is 5.43. The van der Waals surface area contributed by atoms with Gasteiger partial charge in [-0.25, -0.2) is 4.79 Å². The van der Waals surface area contributed by atoms with Crippen molar-refractivity contribution >= 4 is 17.8 Å². The molecule has 2 amide bonds. The van der Waals surface area contributed by atoms with Crippen LogP contribution in [0.2, 0.25) is 0 Å². The van der Waals surface area contributed by atoms with Crippen LogP contribution < -0.4 is 5.73 Å². The van der Waals surface area contributed by atoms with Crippen LogP contribution in [0.15, 0.2) is 24.3 Å². The zero-order chi connectivity index (χ0) is 15.7. The lowest BCUT2D eigenvalue weighted by Crippen LogP contribution is -2.50. The summed E-state index contributed by atoms with van der Waals surface area (Å²) in [5.41, 5.74) is 6.53. The molecule has 1 aliphatic heterocycles. The van der Waals surface area contributed by atoms with Crippen LogP contribution in [0, 0.1) is 5.92 Å². The van der Waals surface area contributed by atoms with Crippen LogP contribution in [0.25, 0.3) is 0 Å². The van der Waals surface area contributed by atoms with E-state index in [0.717, 1.165) is 5.56 Å². The molecule has 0 bridgehead atoms. The third-order valence-corrected chi connectivity index (χ3v) is 3.98. The number of rotatable bonds is 5. The molecule has 0 radical (unpaired) electrons. The maximum Gasteiger partial charge on any atom is 0.327 e. The van der Waals surface area contributed by atoms with Crippen LogP contribution in [0.3, 0.4) is 0 Å². The van der Waals surface area contributed by atoms with Crippen LogP contribution in [-0.2, 0) is 9.59 Å². The predicted molar refractivity (Wildman–Crippen MR) is 75.4 cm³/mol. The van der Waals surface area contributed by atoms with Gasteiger partial charge in [0.05, 0.1) is 12.0 Å². The second kappa shape index (κ2) is 5.55. The van der Waals surface area contributed by atoms with Gasteiger partial charge in [-0.15, -0.1) is 0 Å². The van der Waals surface area contributed by atoms with Gasteiger partial charge in [0, 0.05) is 5.56 Å². The lowest BCUT2D eigenvalue weighted by atomic mass is 9.97. The molecule has 2 rings (SSSR count). The Morgan fingerprint density at radius 1 is 1.38 bits per heavy atom. The molecule has 1 aromatic carbocycles. The zero-order valence-corrected chi connectivity index (χ0v) is 11.9.